The number of quaternary nitrogens is 1. The molecule has 0 radical (unpaired) electrons. The SMILES string of the molecule is C[C@@H](NC(=O)C[NH+]1CCN(S(=O)(=O)c2ccc(F)cc2)CC1)c1cccs1. The summed E-state index contributed by atoms with van der Waals surface area (Å²) < 4.78 is 39.7. The maximum Gasteiger partial charge on any atom is 0.275 e. The Bertz CT molecular complexity index is 862. The lowest BCUT2D eigenvalue weighted by molar-refractivity contribution is -0.895. The maximum atomic E-state index is 13.0. The number of nitrogens with zero attached hydrogens (tertiary/aromatic N) is 1. The van der Waals surface area contributed by atoms with Crippen LogP contribution in [0.4, 0.5) is 4.39 Å². The van der Waals surface area contributed by atoms with Gasteiger partial charge >= 0.3 is 0 Å². The van der Waals surface area contributed by atoms with E-state index < -0.39 is 15.8 Å². The first-order valence-electron chi connectivity index (χ1n) is 8.78. The van der Waals surface area contributed by atoms with E-state index in [2.05, 4.69) is 5.32 Å². The smallest absolute Gasteiger partial charge is 0.275 e. The van der Waals surface area contributed by atoms with Crippen molar-refractivity contribution >= 4 is 27.3 Å². The molecule has 9 heteroatoms. The Labute approximate surface area is 162 Å². The van der Waals surface area contributed by atoms with Crippen LogP contribution in [-0.2, 0) is 14.8 Å². The van der Waals surface area contributed by atoms with Crippen LogP contribution >= 0.6 is 11.3 Å². The highest BCUT2D eigenvalue weighted by atomic mass is 32.2. The predicted octanol–water partition coefficient (Wildman–Crippen LogP) is 0.654. The number of piperazine rings is 1. The van der Waals surface area contributed by atoms with Crippen LogP contribution in [0.25, 0.3) is 0 Å². The van der Waals surface area contributed by atoms with Gasteiger partial charge in [-0.25, -0.2) is 12.8 Å². The molecule has 1 fully saturated rings. The van der Waals surface area contributed by atoms with Crippen molar-refractivity contribution in [3.63, 3.8) is 0 Å². The highest BCUT2D eigenvalue weighted by Crippen LogP contribution is 2.18. The quantitative estimate of drug-likeness (QED) is 0.732. The highest BCUT2D eigenvalue weighted by molar-refractivity contribution is 7.89. The zero-order chi connectivity index (χ0) is 19.4. The standard InChI is InChI=1S/C18H22FN3O3S2/c1-14(17-3-2-12-26-17)20-18(23)13-21-8-10-22(11-9-21)27(24,25)16-6-4-15(19)5-7-16/h2-7,12,14H,8-11,13H2,1H3,(H,20,23)/p+1/t14-/m1/s1. The van der Waals surface area contributed by atoms with Crippen LogP contribution in [-0.4, -0.2) is 51.4 Å². The number of carbonyl (C=O) groups excluding carboxylic acids is 1. The van der Waals surface area contributed by atoms with Crippen molar-refractivity contribution < 1.29 is 22.5 Å². The Hall–Kier alpha value is -1.81. The van der Waals surface area contributed by atoms with Gasteiger partial charge in [0.15, 0.2) is 6.54 Å². The molecule has 1 aliphatic rings. The van der Waals surface area contributed by atoms with E-state index in [0.29, 0.717) is 32.7 Å². The van der Waals surface area contributed by atoms with Gasteiger partial charge in [0.05, 0.1) is 37.1 Å². The summed E-state index contributed by atoms with van der Waals surface area (Å²) in [6.45, 7) is 4.06. The molecular formula is C18H23FN3O3S2+. The van der Waals surface area contributed by atoms with Crippen LogP contribution in [0.2, 0.25) is 0 Å². The van der Waals surface area contributed by atoms with E-state index in [-0.39, 0.29) is 16.8 Å². The molecule has 2 heterocycles. The fourth-order valence-electron chi connectivity index (χ4n) is 3.10. The molecule has 0 saturated carbocycles. The predicted molar refractivity (Wildman–Crippen MR) is 102 cm³/mol. The average molecular weight is 413 g/mol. The fourth-order valence-corrected chi connectivity index (χ4v) is 5.28. The van der Waals surface area contributed by atoms with Crippen LogP contribution in [0, 0.1) is 5.82 Å². The lowest BCUT2D eigenvalue weighted by Gasteiger charge is -2.31. The molecule has 146 valence electrons. The van der Waals surface area contributed by atoms with Crippen molar-refractivity contribution in [3.05, 3.63) is 52.5 Å². The molecule has 2 N–H and O–H groups in total. The molecular weight excluding hydrogens is 389 g/mol. The number of carbonyl (C=O) groups is 1. The molecule has 1 atom stereocenters. The molecule has 1 aromatic heterocycles. The number of amides is 1. The summed E-state index contributed by atoms with van der Waals surface area (Å²) in [6.07, 6.45) is 0. The van der Waals surface area contributed by atoms with Gasteiger partial charge in [-0.3, -0.25) is 4.79 Å². The molecule has 0 unspecified atom stereocenters. The number of sulfonamides is 1. The van der Waals surface area contributed by atoms with Crippen molar-refractivity contribution in [1.82, 2.24) is 9.62 Å². The zero-order valence-electron chi connectivity index (χ0n) is 15.0. The monoisotopic (exact) mass is 412 g/mol. The van der Waals surface area contributed by atoms with Crippen molar-refractivity contribution in [2.45, 2.75) is 17.9 Å². The Balaban J connectivity index is 1.51. The van der Waals surface area contributed by atoms with Crippen molar-refractivity contribution in [2.75, 3.05) is 32.7 Å². The minimum absolute atomic E-state index is 0.0305. The summed E-state index contributed by atoms with van der Waals surface area (Å²) in [5.41, 5.74) is 0. The van der Waals surface area contributed by atoms with Crippen LogP contribution < -0.4 is 10.2 Å². The van der Waals surface area contributed by atoms with Crippen molar-refractivity contribution in [3.8, 4) is 0 Å². The fraction of sp³-hybridized carbons (Fsp3) is 0.389. The van der Waals surface area contributed by atoms with E-state index >= 15 is 0 Å². The van der Waals surface area contributed by atoms with Crippen LogP contribution in [0.3, 0.4) is 0 Å². The van der Waals surface area contributed by atoms with Gasteiger partial charge < -0.3 is 10.2 Å². The summed E-state index contributed by atoms with van der Waals surface area (Å²) in [5, 5.41) is 4.96. The third-order valence-corrected chi connectivity index (χ3v) is 7.61. The largest absolute Gasteiger partial charge is 0.344 e. The number of halogens is 1. The number of benzene rings is 1. The number of hydrogen-bond donors (Lipinski definition) is 2. The summed E-state index contributed by atoms with van der Waals surface area (Å²) in [5.74, 6) is -0.508. The molecule has 3 rings (SSSR count). The van der Waals surface area contributed by atoms with E-state index in [1.54, 1.807) is 11.3 Å². The van der Waals surface area contributed by atoms with E-state index in [4.69, 9.17) is 0 Å². The van der Waals surface area contributed by atoms with Gasteiger partial charge in [-0.1, -0.05) is 6.07 Å². The summed E-state index contributed by atoms with van der Waals surface area (Å²) in [4.78, 5) is 14.5. The summed E-state index contributed by atoms with van der Waals surface area (Å²) in [7, 11) is -3.63. The molecule has 1 saturated heterocycles. The molecule has 0 bridgehead atoms. The molecule has 1 amide bonds. The Morgan fingerprint density at radius 1 is 1.26 bits per heavy atom. The first kappa shape index (κ1) is 19.9. The second-order valence-corrected chi connectivity index (χ2v) is 9.51. The van der Waals surface area contributed by atoms with E-state index in [1.165, 1.54) is 16.4 Å². The minimum Gasteiger partial charge on any atom is -0.344 e. The van der Waals surface area contributed by atoms with Crippen LogP contribution in [0.15, 0.2) is 46.7 Å². The summed E-state index contributed by atoms with van der Waals surface area (Å²) >= 11 is 1.60. The second kappa shape index (κ2) is 8.47. The third kappa shape index (κ3) is 4.92. The van der Waals surface area contributed by atoms with Gasteiger partial charge in [-0.05, 0) is 42.6 Å². The van der Waals surface area contributed by atoms with E-state index in [9.17, 15) is 17.6 Å². The van der Waals surface area contributed by atoms with Crippen molar-refractivity contribution in [2.24, 2.45) is 0 Å². The Kier molecular flexibility index (Phi) is 6.25. The lowest BCUT2D eigenvalue weighted by Crippen LogP contribution is -3.15. The molecule has 1 aliphatic heterocycles. The van der Waals surface area contributed by atoms with Crippen LogP contribution in [0.5, 0.6) is 0 Å². The van der Waals surface area contributed by atoms with Gasteiger partial charge in [0, 0.05) is 4.88 Å². The van der Waals surface area contributed by atoms with Gasteiger partial charge in [-0.15, -0.1) is 11.3 Å². The second-order valence-electron chi connectivity index (χ2n) is 6.59. The number of rotatable bonds is 6. The topological polar surface area (TPSA) is 70.9 Å². The number of nitrogens with one attached hydrogen (secondary N) is 2. The Morgan fingerprint density at radius 3 is 2.52 bits per heavy atom. The average Bonchev–Trinajstić information content (AvgIpc) is 3.17. The van der Waals surface area contributed by atoms with Gasteiger partial charge in [0.25, 0.3) is 5.91 Å². The van der Waals surface area contributed by atoms with Crippen LogP contribution in [0.1, 0.15) is 17.8 Å². The van der Waals surface area contributed by atoms with E-state index in [1.807, 2.05) is 24.4 Å². The molecule has 27 heavy (non-hydrogen) atoms. The molecule has 0 aliphatic carbocycles. The third-order valence-electron chi connectivity index (χ3n) is 4.64. The first-order valence-corrected chi connectivity index (χ1v) is 11.1. The molecule has 0 spiro atoms. The summed E-state index contributed by atoms with van der Waals surface area (Å²) in [6, 6.07) is 8.76. The van der Waals surface area contributed by atoms with Crippen molar-refractivity contribution in [1.29, 1.82) is 0 Å². The van der Waals surface area contributed by atoms with E-state index in [0.717, 1.165) is 21.9 Å². The minimum atomic E-state index is -3.63. The zero-order valence-corrected chi connectivity index (χ0v) is 16.7. The molecule has 2 aromatic rings. The highest BCUT2D eigenvalue weighted by Gasteiger charge is 2.31. The van der Waals surface area contributed by atoms with Gasteiger partial charge in [-0.2, -0.15) is 4.31 Å². The maximum absolute atomic E-state index is 13.0. The molecule has 1 aromatic carbocycles. The van der Waals surface area contributed by atoms with Gasteiger partial charge in [0.1, 0.15) is 5.82 Å². The first-order chi connectivity index (χ1) is 12.9. The normalized spacial score (nSPS) is 17.6. The van der Waals surface area contributed by atoms with Gasteiger partial charge in [0.2, 0.25) is 10.0 Å². The molecule has 6 nitrogen and oxygen atoms in total. The number of hydrogen-bond acceptors (Lipinski definition) is 4. The lowest BCUT2D eigenvalue weighted by atomic mass is 10.2. The number of thiophene rings is 1. The Morgan fingerprint density at radius 2 is 1.93 bits per heavy atom.